The Morgan fingerprint density at radius 1 is 1.21 bits per heavy atom. The number of hydrogen-bond acceptors (Lipinski definition) is 2. The molecule has 0 bridgehead atoms. The lowest BCUT2D eigenvalue weighted by molar-refractivity contribution is 0.552. The van der Waals surface area contributed by atoms with E-state index in [4.69, 9.17) is 17.4 Å². The molecule has 0 aromatic heterocycles. The molecule has 3 N–H and O–H groups in total. The highest BCUT2D eigenvalue weighted by atomic mass is 79.9. The van der Waals surface area contributed by atoms with E-state index < -0.39 is 0 Å². The van der Waals surface area contributed by atoms with E-state index in [0.717, 1.165) is 27.0 Å². The second-order valence-corrected chi connectivity index (χ2v) is 5.89. The highest BCUT2D eigenvalue weighted by Gasteiger charge is 2.12. The molecular formula is C15H16BrClN2. The van der Waals surface area contributed by atoms with Crippen LogP contribution in [0.4, 0.5) is 0 Å². The molecule has 100 valence electrons. The number of halogens is 2. The van der Waals surface area contributed by atoms with Crippen LogP contribution in [0.15, 0.2) is 46.9 Å². The predicted octanol–water partition coefficient (Wildman–Crippen LogP) is 4.16. The van der Waals surface area contributed by atoms with Crippen LogP contribution >= 0.6 is 27.5 Å². The fraction of sp³-hybridized carbons (Fsp3) is 0.200. The van der Waals surface area contributed by atoms with Crippen molar-refractivity contribution in [2.75, 3.05) is 0 Å². The SMILES string of the molecule is Cc1ccc(C(Cc2ccc(Br)cc2Cl)NN)cc1. The summed E-state index contributed by atoms with van der Waals surface area (Å²) in [5.74, 6) is 5.67. The lowest BCUT2D eigenvalue weighted by atomic mass is 9.98. The molecule has 19 heavy (non-hydrogen) atoms. The minimum atomic E-state index is 0.0549. The van der Waals surface area contributed by atoms with Gasteiger partial charge in [0.05, 0.1) is 6.04 Å². The average Bonchev–Trinajstić information content (AvgIpc) is 2.39. The highest BCUT2D eigenvalue weighted by Crippen LogP contribution is 2.26. The first kappa shape index (κ1) is 14.5. The van der Waals surface area contributed by atoms with Gasteiger partial charge in [-0.05, 0) is 36.6 Å². The van der Waals surface area contributed by atoms with Crippen LogP contribution < -0.4 is 11.3 Å². The monoisotopic (exact) mass is 338 g/mol. The van der Waals surface area contributed by atoms with Gasteiger partial charge in [-0.1, -0.05) is 63.4 Å². The lowest BCUT2D eigenvalue weighted by Gasteiger charge is -2.17. The molecule has 0 saturated carbocycles. The first-order chi connectivity index (χ1) is 9.10. The van der Waals surface area contributed by atoms with Crippen LogP contribution in [0.5, 0.6) is 0 Å². The molecule has 2 rings (SSSR count). The quantitative estimate of drug-likeness (QED) is 0.648. The Labute approximate surface area is 127 Å². The molecule has 2 nitrogen and oxygen atoms in total. The molecule has 0 fully saturated rings. The molecule has 2 aromatic carbocycles. The van der Waals surface area contributed by atoms with E-state index >= 15 is 0 Å². The standard InChI is InChI=1S/C15H16BrClN2/c1-10-2-4-11(5-3-10)15(19-18)8-12-6-7-13(16)9-14(12)17/h2-7,9,15,19H,8,18H2,1H3. The van der Waals surface area contributed by atoms with Gasteiger partial charge in [-0.15, -0.1) is 0 Å². The van der Waals surface area contributed by atoms with Crippen LogP contribution in [0.2, 0.25) is 5.02 Å². The second kappa shape index (κ2) is 6.53. The number of aryl methyl sites for hydroxylation is 1. The van der Waals surface area contributed by atoms with E-state index in [1.807, 2.05) is 18.2 Å². The van der Waals surface area contributed by atoms with E-state index in [0.29, 0.717) is 0 Å². The Bertz CT molecular complexity index is 555. The zero-order valence-electron chi connectivity index (χ0n) is 10.7. The van der Waals surface area contributed by atoms with Crippen molar-refractivity contribution in [2.24, 2.45) is 5.84 Å². The summed E-state index contributed by atoms with van der Waals surface area (Å²) >= 11 is 9.65. The Kier molecular flexibility index (Phi) is 4.99. The van der Waals surface area contributed by atoms with Gasteiger partial charge in [-0.2, -0.15) is 0 Å². The van der Waals surface area contributed by atoms with Gasteiger partial charge in [0.1, 0.15) is 0 Å². The Hall–Kier alpha value is -0.870. The van der Waals surface area contributed by atoms with Crippen molar-refractivity contribution in [3.8, 4) is 0 Å². The van der Waals surface area contributed by atoms with Gasteiger partial charge in [0.2, 0.25) is 0 Å². The van der Waals surface area contributed by atoms with Crippen LogP contribution in [0, 0.1) is 6.92 Å². The van der Waals surface area contributed by atoms with Gasteiger partial charge in [-0.25, -0.2) is 0 Å². The summed E-state index contributed by atoms with van der Waals surface area (Å²) in [7, 11) is 0. The van der Waals surface area contributed by atoms with Crippen LogP contribution in [-0.2, 0) is 6.42 Å². The van der Waals surface area contributed by atoms with Crippen LogP contribution in [0.25, 0.3) is 0 Å². The second-order valence-electron chi connectivity index (χ2n) is 4.57. The van der Waals surface area contributed by atoms with E-state index in [2.05, 4.69) is 52.5 Å². The van der Waals surface area contributed by atoms with Crippen molar-refractivity contribution in [1.29, 1.82) is 0 Å². The van der Waals surface area contributed by atoms with Gasteiger partial charge >= 0.3 is 0 Å². The predicted molar refractivity (Wildman–Crippen MR) is 84.1 cm³/mol. The summed E-state index contributed by atoms with van der Waals surface area (Å²) < 4.78 is 0.980. The summed E-state index contributed by atoms with van der Waals surface area (Å²) in [4.78, 5) is 0. The van der Waals surface area contributed by atoms with Crippen molar-refractivity contribution in [2.45, 2.75) is 19.4 Å². The average molecular weight is 340 g/mol. The minimum absolute atomic E-state index is 0.0549. The van der Waals surface area contributed by atoms with Crippen molar-refractivity contribution in [3.05, 3.63) is 68.7 Å². The molecule has 0 aliphatic carbocycles. The van der Waals surface area contributed by atoms with E-state index in [1.165, 1.54) is 5.56 Å². The molecule has 1 unspecified atom stereocenters. The topological polar surface area (TPSA) is 38.0 Å². The summed E-state index contributed by atoms with van der Waals surface area (Å²) in [5.41, 5.74) is 6.33. The lowest BCUT2D eigenvalue weighted by Crippen LogP contribution is -2.29. The summed E-state index contributed by atoms with van der Waals surface area (Å²) in [5, 5.41) is 0.752. The van der Waals surface area contributed by atoms with E-state index in [1.54, 1.807) is 0 Å². The first-order valence-electron chi connectivity index (χ1n) is 6.07. The largest absolute Gasteiger partial charge is 0.271 e. The molecule has 0 radical (unpaired) electrons. The number of nitrogens with two attached hydrogens (primary N) is 1. The van der Waals surface area contributed by atoms with E-state index in [-0.39, 0.29) is 6.04 Å². The zero-order valence-corrected chi connectivity index (χ0v) is 13.0. The third-order valence-electron chi connectivity index (χ3n) is 3.12. The van der Waals surface area contributed by atoms with Crippen molar-refractivity contribution >= 4 is 27.5 Å². The molecule has 0 saturated heterocycles. The van der Waals surface area contributed by atoms with Crippen LogP contribution in [-0.4, -0.2) is 0 Å². The Balaban J connectivity index is 2.21. The third kappa shape index (κ3) is 3.80. The van der Waals surface area contributed by atoms with Gasteiger partial charge in [0.25, 0.3) is 0 Å². The molecule has 0 aliphatic heterocycles. The van der Waals surface area contributed by atoms with Crippen LogP contribution in [0.1, 0.15) is 22.7 Å². The molecule has 1 atom stereocenters. The van der Waals surface area contributed by atoms with Gasteiger partial charge in [0, 0.05) is 9.50 Å². The number of nitrogens with one attached hydrogen (secondary N) is 1. The fourth-order valence-electron chi connectivity index (χ4n) is 1.98. The minimum Gasteiger partial charge on any atom is -0.271 e. The maximum atomic E-state index is 6.24. The molecular weight excluding hydrogens is 324 g/mol. The van der Waals surface area contributed by atoms with Gasteiger partial charge in [-0.3, -0.25) is 11.3 Å². The number of benzene rings is 2. The Morgan fingerprint density at radius 3 is 2.47 bits per heavy atom. The molecule has 4 heteroatoms. The number of hydrogen-bond donors (Lipinski definition) is 2. The molecule has 0 amide bonds. The maximum Gasteiger partial charge on any atom is 0.0500 e. The maximum absolute atomic E-state index is 6.24. The van der Waals surface area contributed by atoms with Crippen molar-refractivity contribution in [1.82, 2.24) is 5.43 Å². The van der Waals surface area contributed by atoms with Gasteiger partial charge < -0.3 is 0 Å². The molecule has 2 aromatic rings. The summed E-state index contributed by atoms with van der Waals surface area (Å²) in [6.07, 6.45) is 0.756. The molecule has 0 aliphatic rings. The Morgan fingerprint density at radius 2 is 1.89 bits per heavy atom. The third-order valence-corrected chi connectivity index (χ3v) is 3.97. The number of hydrazine groups is 1. The first-order valence-corrected chi connectivity index (χ1v) is 7.24. The number of rotatable bonds is 4. The molecule has 0 heterocycles. The highest BCUT2D eigenvalue weighted by molar-refractivity contribution is 9.10. The smallest absolute Gasteiger partial charge is 0.0500 e. The van der Waals surface area contributed by atoms with Crippen molar-refractivity contribution < 1.29 is 0 Å². The van der Waals surface area contributed by atoms with Crippen LogP contribution in [0.3, 0.4) is 0 Å². The summed E-state index contributed by atoms with van der Waals surface area (Å²) in [6, 6.07) is 14.3. The normalized spacial score (nSPS) is 12.4. The van der Waals surface area contributed by atoms with Crippen molar-refractivity contribution in [3.63, 3.8) is 0 Å². The van der Waals surface area contributed by atoms with E-state index in [9.17, 15) is 0 Å². The molecule has 0 spiro atoms. The zero-order chi connectivity index (χ0) is 13.8. The van der Waals surface area contributed by atoms with Gasteiger partial charge in [0.15, 0.2) is 0 Å². The fourth-order valence-corrected chi connectivity index (χ4v) is 2.73. The summed E-state index contributed by atoms with van der Waals surface area (Å²) in [6.45, 7) is 2.07.